The lowest BCUT2D eigenvalue weighted by Crippen LogP contribution is -2.09. The molecular formula is C17H20O2. The van der Waals surface area contributed by atoms with Crippen molar-refractivity contribution in [1.29, 1.82) is 0 Å². The molecule has 0 N–H and O–H groups in total. The molecule has 0 aliphatic heterocycles. The zero-order valence-electron chi connectivity index (χ0n) is 11.5. The van der Waals surface area contributed by atoms with E-state index in [4.69, 9.17) is 9.47 Å². The van der Waals surface area contributed by atoms with Crippen molar-refractivity contribution in [2.24, 2.45) is 0 Å². The zero-order chi connectivity index (χ0) is 13.5. The molecule has 2 aromatic carbocycles. The van der Waals surface area contributed by atoms with Crippen LogP contribution in [0.15, 0.2) is 54.6 Å². The molecule has 0 aromatic heterocycles. The fourth-order valence-corrected chi connectivity index (χ4v) is 1.69. The standard InChI is InChI=1S/C17H20O2/c1-3-14(2)19-17-11-7-10-16(12-17)18-13-15-8-5-4-6-9-15/h4-12,14H,3,13H2,1-2H3. The Morgan fingerprint density at radius 3 is 2.42 bits per heavy atom. The van der Waals surface area contributed by atoms with Gasteiger partial charge in [-0.25, -0.2) is 0 Å². The van der Waals surface area contributed by atoms with Gasteiger partial charge in [-0.1, -0.05) is 43.3 Å². The number of hydrogen-bond donors (Lipinski definition) is 0. The first-order valence-corrected chi connectivity index (χ1v) is 6.71. The molecule has 0 amide bonds. The molecular weight excluding hydrogens is 236 g/mol. The fourth-order valence-electron chi connectivity index (χ4n) is 1.69. The minimum absolute atomic E-state index is 0.226. The van der Waals surface area contributed by atoms with Crippen LogP contribution >= 0.6 is 0 Å². The summed E-state index contributed by atoms with van der Waals surface area (Å²) in [5, 5.41) is 0. The molecule has 0 saturated heterocycles. The van der Waals surface area contributed by atoms with Gasteiger partial charge >= 0.3 is 0 Å². The van der Waals surface area contributed by atoms with Crippen molar-refractivity contribution >= 4 is 0 Å². The monoisotopic (exact) mass is 256 g/mol. The van der Waals surface area contributed by atoms with E-state index >= 15 is 0 Å². The summed E-state index contributed by atoms with van der Waals surface area (Å²) in [6.07, 6.45) is 1.22. The average molecular weight is 256 g/mol. The predicted octanol–water partition coefficient (Wildman–Crippen LogP) is 4.44. The lowest BCUT2D eigenvalue weighted by molar-refractivity contribution is 0.215. The summed E-state index contributed by atoms with van der Waals surface area (Å²) in [6.45, 7) is 4.76. The molecule has 19 heavy (non-hydrogen) atoms. The highest BCUT2D eigenvalue weighted by Crippen LogP contribution is 2.21. The summed E-state index contributed by atoms with van der Waals surface area (Å²) in [4.78, 5) is 0. The van der Waals surface area contributed by atoms with E-state index in [1.165, 1.54) is 0 Å². The number of rotatable bonds is 6. The van der Waals surface area contributed by atoms with Crippen LogP contribution in [0.5, 0.6) is 11.5 Å². The van der Waals surface area contributed by atoms with Gasteiger partial charge in [0.1, 0.15) is 18.1 Å². The number of hydrogen-bond acceptors (Lipinski definition) is 2. The molecule has 2 nitrogen and oxygen atoms in total. The highest BCUT2D eigenvalue weighted by atomic mass is 16.5. The predicted molar refractivity (Wildman–Crippen MR) is 77.6 cm³/mol. The van der Waals surface area contributed by atoms with Gasteiger partial charge in [0.05, 0.1) is 6.10 Å². The van der Waals surface area contributed by atoms with E-state index in [-0.39, 0.29) is 6.10 Å². The van der Waals surface area contributed by atoms with Crippen LogP contribution in [0.4, 0.5) is 0 Å². The molecule has 2 heteroatoms. The summed E-state index contributed by atoms with van der Waals surface area (Å²) in [5.41, 5.74) is 1.16. The molecule has 100 valence electrons. The van der Waals surface area contributed by atoms with E-state index in [9.17, 15) is 0 Å². The van der Waals surface area contributed by atoms with Crippen LogP contribution in [0.25, 0.3) is 0 Å². The lowest BCUT2D eigenvalue weighted by atomic mass is 10.2. The van der Waals surface area contributed by atoms with Crippen molar-refractivity contribution in [2.75, 3.05) is 0 Å². The van der Waals surface area contributed by atoms with Gasteiger partial charge in [0, 0.05) is 6.07 Å². The summed E-state index contributed by atoms with van der Waals surface area (Å²) >= 11 is 0. The van der Waals surface area contributed by atoms with E-state index in [0.717, 1.165) is 23.5 Å². The molecule has 0 spiro atoms. The normalized spacial score (nSPS) is 11.9. The Morgan fingerprint density at radius 1 is 0.947 bits per heavy atom. The first-order valence-electron chi connectivity index (χ1n) is 6.71. The first-order chi connectivity index (χ1) is 9.28. The molecule has 0 radical (unpaired) electrons. The third-order valence-corrected chi connectivity index (χ3v) is 2.97. The Kier molecular flexibility index (Phi) is 4.85. The quantitative estimate of drug-likeness (QED) is 0.760. The van der Waals surface area contributed by atoms with E-state index in [0.29, 0.717) is 6.61 Å². The zero-order valence-corrected chi connectivity index (χ0v) is 11.5. The summed E-state index contributed by atoms with van der Waals surface area (Å²) in [6, 6.07) is 18.0. The molecule has 0 bridgehead atoms. The maximum Gasteiger partial charge on any atom is 0.123 e. The van der Waals surface area contributed by atoms with Crippen LogP contribution in [0.1, 0.15) is 25.8 Å². The largest absolute Gasteiger partial charge is 0.491 e. The molecule has 0 heterocycles. The molecule has 0 aliphatic carbocycles. The Morgan fingerprint density at radius 2 is 1.68 bits per heavy atom. The van der Waals surface area contributed by atoms with E-state index in [1.54, 1.807) is 0 Å². The van der Waals surface area contributed by atoms with Gasteiger partial charge in [-0.15, -0.1) is 0 Å². The van der Waals surface area contributed by atoms with Crippen molar-refractivity contribution in [3.63, 3.8) is 0 Å². The van der Waals surface area contributed by atoms with Crippen LogP contribution < -0.4 is 9.47 Å². The summed E-state index contributed by atoms with van der Waals surface area (Å²) < 4.78 is 11.5. The van der Waals surface area contributed by atoms with Crippen LogP contribution in [0.3, 0.4) is 0 Å². The first kappa shape index (κ1) is 13.5. The highest BCUT2D eigenvalue weighted by Gasteiger charge is 2.02. The van der Waals surface area contributed by atoms with Crippen LogP contribution in [0.2, 0.25) is 0 Å². The maximum atomic E-state index is 5.78. The number of ether oxygens (including phenoxy) is 2. The lowest BCUT2D eigenvalue weighted by Gasteiger charge is -2.13. The SMILES string of the molecule is CCC(C)Oc1cccc(OCc2ccccc2)c1. The smallest absolute Gasteiger partial charge is 0.123 e. The second-order valence-corrected chi connectivity index (χ2v) is 4.59. The third kappa shape index (κ3) is 4.32. The maximum absolute atomic E-state index is 5.78. The highest BCUT2D eigenvalue weighted by molar-refractivity contribution is 5.33. The minimum atomic E-state index is 0.226. The Balaban J connectivity index is 1.95. The molecule has 0 fully saturated rings. The van der Waals surface area contributed by atoms with Gasteiger partial charge in [-0.2, -0.15) is 0 Å². The van der Waals surface area contributed by atoms with Crippen molar-refractivity contribution in [3.05, 3.63) is 60.2 Å². The molecule has 0 saturated carbocycles. The van der Waals surface area contributed by atoms with E-state index < -0.39 is 0 Å². The molecule has 1 unspecified atom stereocenters. The summed E-state index contributed by atoms with van der Waals surface area (Å²) in [7, 11) is 0. The van der Waals surface area contributed by atoms with Gasteiger partial charge in [-0.3, -0.25) is 0 Å². The van der Waals surface area contributed by atoms with Crippen LogP contribution in [-0.4, -0.2) is 6.10 Å². The van der Waals surface area contributed by atoms with E-state index in [1.807, 2.05) is 42.5 Å². The molecule has 0 aliphatic rings. The molecule has 2 aromatic rings. The minimum Gasteiger partial charge on any atom is -0.491 e. The molecule has 1 atom stereocenters. The Bertz CT molecular complexity index is 494. The fraction of sp³-hybridized carbons (Fsp3) is 0.294. The van der Waals surface area contributed by atoms with Crippen molar-refractivity contribution < 1.29 is 9.47 Å². The Hall–Kier alpha value is -1.96. The molecule has 2 rings (SSSR count). The average Bonchev–Trinajstić information content (AvgIpc) is 2.46. The van der Waals surface area contributed by atoms with Gasteiger partial charge < -0.3 is 9.47 Å². The third-order valence-electron chi connectivity index (χ3n) is 2.97. The van der Waals surface area contributed by atoms with Crippen molar-refractivity contribution in [1.82, 2.24) is 0 Å². The van der Waals surface area contributed by atoms with Gasteiger partial charge in [0.25, 0.3) is 0 Å². The van der Waals surface area contributed by atoms with Gasteiger partial charge in [0.15, 0.2) is 0 Å². The van der Waals surface area contributed by atoms with Gasteiger partial charge in [0.2, 0.25) is 0 Å². The number of benzene rings is 2. The van der Waals surface area contributed by atoms with Crippen LogP contribution in [-0.2, 0) is 6.61 Å². The Labute approximate surface area is 115 Å². The summed E-state index contributed by atoms with van der Waals surface area (Å²) in [5.74, 6) is 1.70. The van der Waals surface area contributed by atoms with Crippen molar-refractivity contribution in [3.8, 4) is 11.5 Å². The second-order valence-electron chi connectivity index (χ2n) is 4.59. The topological polar surface area (TPSA) is 18.5 Å². The van der Waals surface area contributed by atoms with Crippen molar-refractivity contribution in [2.45, 2.75) is 33.0 Å². The second kappa shape index (κ2) is 6.83. The van der Waals surface area contributed by atoms with Gasteiger partial charge in [-0.05, 0) is 31.0 Å². The van der Waals surface area contributed by atoms with Crippen LogP contribution in [0, 0.1) is 0 Å². The van der Waals surface area contributed by atoms with E-state index in [2.05, 4.69) is 26.0 Å².